The van der Waals surface area contributed by atoms with Gasteiger partial charge in [-0.05, 0) is 38.9 Å². The molecule has 16 N–H and O–H groups in total. The molecule has 0 spiro atoms. The Kier molecular flexibility index (Phi) is 13.3. The molecule has 1 heterocycles. The Bertz CT molecular complexity index is 651. The highest BCUT2D eigenvalue weighted by molar-refractivity contribution is 5.80. The maximum absolute atomic E-state index is 12.4. The summed E-state index contributed by atoms with van der Waals surface area (Å²) in [5.74, 6) is -0.653. The number of nitrogens with one attached hydrogen (secondary N) is 2. The second kappa shape index (κ2) is 15.4. The molecule has 2 rings (SSSR count). The molecule has 15 nitrogen and oxygen atoms in total. The molecule has 1 saturated carbocycles. The number of aliphatic hydroxyl groups is 4. The van der Waals surface area contributed by atoms with E-state index in [-0.39, 0.29) is 32.5 Å². The fraction of sp³-hybridized carbons (Fsp3) is 0.952. The molecule has 1 aliphatic heterocycles. The zero-order chi connectivity index (χ0) is 26.8. The zero-order valence-corrected chi connectivity index (χ0v) is 20.5. The van der Waals surface area contributed by atoms with E-state index in [9.17, 15) is 25.2 Å². The molecule has 0 aromatic carbocycles. The first-order valence-corrected chi connectivity index (χ1v) is 12.4. The van der Waals surface area contributed by atoms with Crippen molar-refractivity contribution in [3.8, 4) is 0 Å². The molecular formula is C21H45N7O8. The van der Waals surface area contributed by atoms with E-state index in [1.165, 1.54) is 0 Å². The van der Waals surface area contributed by atoms with Gasteiger partial charge >= 0.3 is 0 Å². The molecule has 0 aromatic rings. The number of aliphatic hydroxyl groups excluding tert-OH is 4. The van der Waals surface area contributed by atoms with Crippen molar-refractivity contribution in [2.75, 3.05) is 39.3 Å². The molecule has 1 aliphatic carbocycles. The Balaban J connectivity index is 2.12. The van der Waals surface area contributed by atoms with Crippen LogP contribution >= 0.6 is 0 Å². The largest absolute Gasteiger partial charge is 0.388 e. The molecule has 212 valence electrons. The number of amides is 1. The summed E-state index contributed by atoms with van der Waals surface area (Å²) < 4.78 is 17.5. The van der Waals surface area contributed by atoms with Gasteiger partial charge < -0.3 is 73.9 Å². The Hall–Kier alpha value is -1.05. The van der Waals surface area contributed by atoms with E-state index in [1.807, 2.05) is 0 Å². The van der Waals surface area contributed by atoms with Gasteiger partial charge in [0.05, 0.1) is 18.7 Å². The predicted molar refractivity (Wildman–Crippen MR) is 129 cm³/mol. The van der Waals surface area contributed by atoms with Gasteiger partial charge in [0.25, 0.3) is 0 Å². The van der Waals surface area contributed by atoms with E-state index in [2.05, 4.69) is 10.6 Å². The summed E-state index contributed by atoms with van der Waals surface area (Å²) in [6, 6.07) is -2.66. The van der Waals surface area contributed by atoms with Crippen molar-refractivity contribution >= 4 is 5.91 Å². The van der Waals surface area contributed by atoms with Gasteiger partial charge in [0.1, 0.15) is 42.7 Å². The van der Waals surface area contributed by atoms with E-state index in [1.54, 1.807) is 0 Å². The quantitative estimate of drug-likeness (QED) is 0.0945. The van der Waals surface area contributed by atoms with E-state index in [0.717, 1.165) is 6.42 Å². The SMILES string of the molecule is NCCCNCCO[C@@H]1[C@@H](O)[C@H](O[C@H]2O[C@H](CN)[C@@H](O)[C@H](O)[C@H]2N)[C@@H](N)C[C@H]1NC(=O)[C@@H](O)CCN. The molecule has 15 heteroatoms. The highest BCUT2D eigenvalue weighted by Gasteiger charge is 2.49. The maximum Gasteiger partial charge on any atom is 0.249 e. The van der Waals surface area contributed by atoms with Crippen molar-refractivity contribution < 1.29 is 39.4 Å². The first-order chi connectivity index (χ1) is 17.2. The summed E-state index contributed by atoms with van der Waals surface area (Å²) in [4.78, 5) is 12.4. The summed E-state index contributed by atoms with van der Waals surface area (Å²) >= 11 is 0. The monoisotopic (exact) mass is 523 g/mol. The minimum absolute atomic E-state index is 0.0723. The summed E-state index contributed by atoms with van der Waals surface area (Å²) in [6.07, 6.45) is -8.42. The van der Waals surface area contributed by atoms with Crippen molar-refractivity contribution in [2.24, 2.45) is 28.7 Å². The summed E-state index contributed by atoms with van der Waals surface area (Å²) in [5.41, 5.74) is 28.8. The van der Waals surface area contributed by atoms with E-state index in [4.69, 9.17) is 42.9 Å². The van der Waals surface area contributed by atoms with Gasteiger partial charge in [-0.25, -0.2) is 0 Å². The van der Waals surface area contributed by atoms with Crippen LogP contribution in [0.2, 0.25) is 0 Å². The highest BCUT2D eigenvalue weighted by atomic mass is 16.7. The highest BCUT2D eigenvalue weighted by Crippen LogP contribution is 2.29. The molecule has 2 fully saturated rings. The third-order valence-corrected chi connectivity index (χ3v) is 6.51. The Morgan fingerprint density at radius 1 is 1.03 bits per heavy atom. The third-order valence-electron chi connectivity index (χ3n) is 6.51. The number of nitrogens with two attached hydrogens (primary N) is 5. The fourth-order valence-electron chi connectivity index (χ4n) is 4.39. The standard InChI is InChI=1S/C21H45N7O8/c22-3-1-5-27-6-7-34-19-11(28-20(33)12(29)2-4-23)8-10(25)18(17(19)32)36-21-14(26)16(31)15(30)13(9-24)35-21/h10-19,21,27,29-32H,1-9,22-26H2,(H,28,33)/t10-,11+,12-,13+,14+,15+,16+,17-,18+,19-,21+/m0/s1. The van der Waals surface area contributed by atoms with Crippen molar-refractivity contribution in [2.45, 2.75) is 86.4 Å². The van der Waals surface area contributed by atoms with Crippen molar-refractivity contribution in [1.82, 2.24) is 10.6 Å². The summed E-state index contributed by atoms with van der Waals surface area (Å²) in [7, 11) is 0. The smallest absolute Gasteiger partial charge is 0.249 e. The maximum atomic E-state index is 12.4. The van der Waals surface area contributed by atoms with E-state index >= 15 is 0 Å². The van der Waals surface area contributed by atoms with Crippen LogP contribution in [0.4, 0.5) is 0 Å². The number of carbonyl (C=O) groups is 1. The van der Waals surface area contributed by atoms with E-state index in [0.29, 0.717) is 19.6 Å². The number of carbonyl (C=O) groups excluding carboxylic acids is 1. The van der Waals surface area contributed by atoms with Crippen LogP contribution in [0.15, 0.2) is 0 Å². The Labute approximate surface area is 211 Å². The molecule has 0 unspecified atom stereocenters. The summed E-state index contributed by atoms with van der Waals surface area (Å²) in [5, 5.41) is 47.4. The van der Waals surface area contributed by atoms with Crippen LogP contribution in [0.25, 0.3) is 0 Å². The zero-order valence-electron chi connectivity index (χ0n) is 20.5. The molecular weight excluding hydrogens is 478 g/mol. The van der Waals surface area contributed by atoms with Crippen LogP contribution in [-0.4, -0.2) is 133 Å². The predicted octanol–water partition coefficient (Wildman–Crippen LogP) is -6.29. The molecule has 36 heavy (non-hydrogen) atoms. The molecule has 0 bridgehead atoms. The first kappa shape index (κ1) is 31.2. The van der Waals surface area contributed by atoms with E-state index < -0.39 is 73.1 Å². The molecule has 11 atom stereocenters. The molecule has 2 aliphatic rings. The van der Waals surface area contributed by atoms with Crippen molar-refractivity contribution in [3.05, 3.63) is 0 Å². The van der Waals surface area contributed by atoms with Gasteiger partial charge in [0.15, 0.2) is 6.29 Å². The second-order valence-corrected chi connectivity index (χ2v) is 9.26. The fourth-order valence-corrected chi connectivity index (χ4v) is 4.39. The van der Waals surface area contributed by atoms with Crippen LogP contribution < -0.4 is 39.3 Å². The van der Waals surface area contributed by atoms with Gasteiger partial charge in [-0.3, -0.25) is 4.79 Å². The van der Waals surface area contributed by atoms with Crippen molar-refractivity contribution in [3.63, 3.8) is 0 Å². The Morgan fingerprint density at radius 3 is 2.39 bits per heavy atom. The minimum Gasteiger partial charge on any atom is -0.388 e. The second-order valence-electron chi connectivity index (χ2n) is 9.26. The lowest BCUT2D eigenvalue weighted by Crippen LogP contribution is -2.68. The first-order valence-electron chi connectivity index (χ1n) is 12.4. The minimum atomic E-state index is -1.36. The number of ether oxygens (including phenoxy) is 3. The van der Waals surface area contributed by atoms with Crippen LogP contribution in [-0.2, 0) is 19.0 Å². The molecule has 0 aromatic heterocycles. The number of rotatable bonds is 14. The van der Waals surface area contributed by atoms with Gasteiger partial charge in [0.2, 0.25) is 5.91 Å². The van der Waals surface area contributed by atoms with Crippen LogP contribution in [0.1, 0.15) is 19.3 Å². The normalized spacial score (nSPS) is 38.0. The Morgan fingerprint density at radius 2 is 1.75 bits per heavy atom. The molecule has 0 radical (unpaired) electrons. The van der Waals surface area contributed by atoms with Crippen LogP contribution in [0.5, 0.6) is 0 Å². The van der Waals surface area contributed by atoms with Gasteiger partial charge in [0, 0.05) is 19.1 Å². The lowest BCUT2D eigenvalue weighted by atomic mass is 9.83. The number of hydrogen-bond acceptors (Lipinski definition) is 14. The lowest BCUT2D eigenvalue weighted by molar-refractivity contribution is -0.289. The molecule has 1 amide bonds. The third kappa shape index (κ3) is 8.22. The molecule has 1 saturated heterocycles. The number of hydrogen-bond donors (Lipinski definition) is 11. The van der Waals surface area contributed by atoms with Gasteiger partial charge in [-0.15, -0.1) is 0 Å². The van der Waals surface area contributed by atoms with Crippen molar-refractivity contribution in [1.29, 1.82) is 0 Å². The average molecular weight is 524 g/mol. The lowest BCUT2D eigenvalue weighted by Gasteiger charge is -2.47. The average Bonchev–Trinajstić information content (AvgIpc) is 2.85. The topological polar surface area (TPSA) is 280 Å². The van der Waals surface area contributed by atoms with Gasteiger partial charge in [-0.2, -0.15) is 0 Å². The summed E-state index contributed by atoms with van der Waals surface area (Å²) in [6.45, 7) is 1.95. The van der Waals surface area contributed by atoms with Crippen LogP contribution in [0.3, 0.4) is 0 Å². The van der Waals surface area contributed by atoms with Gasteiger partial charge in [-0.1, -0.05) is 0 Å². The van der Waals surface area contributed by atoms with Crippen LogP contribution in [0, 0.1) is 0 Å².